The molecular formula is C18H14N4O4S2. The highest BCUT2D eigenvalue weighted by Crippen LogP contribution is 2.34. The Labute approximate surface area is 163 Å². The Balaban J connectivity index is 1.76. The number of rotatable bonds is 3. The van der Waals surface area contributed by atoms with Gasteiger partial charge in [-0.05, 0) is 42.3 Å². The average molecular weight is 414 g/mol. The standard InChI is InChI=1S/C18H14N4O4S2/c23-15-14(17-20-11-3-1-2-4-13(11)28(25,26)21-17)18(24)22(19-9-10-5-6-10)12-7-8-27-16(12)15/h1-4,7-10,23H,5-6H2,(H,20,21). The lowest BCUT2D eigenvalue weighted by Crippen LogP contribution is -2.31. The van der Waals surface area contributed by atoms with Gasteiger partial charge in [0.15, 0.2) is 11.6 Å². The van der Waals surface area contributed by atoms with Gasteiger partial charge in [0.05, 0.1) is 15.9 Å². The van der Waals surface area contributed by atoms with Crippen molar-refractivity contribution in [3.8, 4) is 5.75 Å². The molecule has 1 aliphatic carbocycles. The Morgan fingerprint density at radius 3 is 2.86 bits per heavy atom. The van der Waals surface area contributed by atoms with Gasteiger partial charge in [0, 0.05) is 6.21 Å². The second-order valence-electron chi connectivity index (χ2n) is 6.61. The first-order valence-corrected chi connectivity index (χ1v) is 10.9. The highest BCUT2D eigenvalue weighted by atomic mass is 32.2. The van der Waals surface area contributed by atoms with Crippen LogP contribution in [-0.2, 0) is 10.0 Å². The van der Waals surface area contributed by atoms with E-state index in [1.54, 1.807) is 35.9 Å². The van der Waals surface area contributed by atoms with Gasteiger partial charge in [-0.15, -0.1) is 15.7 Å². The molecule has 142 valence electrons. The Bertz CT molecular complexity index is 1350. The van der Waals surface area contributed by atoms with E-state index in [0.29, 0.717) is 21.8 Å². The number of aromatic nitrogens is 1. The summed E-state index contributed by atoms with van der Waals surface area (Å²) in [6.45, 7) is 0. The van der Waals surface area contributed by atoms with Crippen LogP contribution in [0.25, 0.3) is 10.2 Å². The van der Waals surface area contributed by atoms with Crippen LogP contribution in [0.4, 0.5) is 5.69 Å². The lowest BCUT2D eigenvalue weighted by atomic mass is 10.2. The van der Waals surface area contributed by atoms with Crippen LogP contribution in [0, 0.1) is 5.92 Å². The average Bonchev–Trinajstić information content (AvgIpc) is 3.35. The predicted molar refractivity (Wildman–Crippen MR) is 108 cm³/mol. The van der Waals surface area contributed by atoms with Gasteiger partial charge in [-0.1, -0.05) is 12.1 Å². The SMILES string of the molecule is O=c1c(C2=NS(=O)(=O)c3ccccc3N2)c(O)c2sccc2n1N=CC1CC1. The van der Waals surface area contributed by atoms with E-state index >= 15 is 0 Å². The van der Waals surface area contributed by atoms with Crippen LogP contribution in [0.1, 0.15) is 18.4 Å². The third-order valence-electron chi connectivity index (χ3n) is 4.61. The number of pyridine rings is 1. The fraction of sp³-hybridized carbons (Fsp3) is 0.167. The van der Waals surface area contributed by atoms with E-state index in [2.05, 4.69) is 14.8 Å². The second-order valence-corrected chi connectivity index (χ2v) is 9.10. The molecule has 3 heterocycles. The zero-order chi connectivity index (χ0) is 19.5. The predicted octanol–water partition coefficient (Wildman–Crippen LogP) is 2.57. The van der Waals surface area contributed by atoms with Crippen molar-refractivity contribution in [2.75, 3.05) is 5.32 Å². The molecule has 2 aromatic heterocycles. The quantitative estimate of drug-likeness (QED) is 0.640. The van der Waals surface area contributed by atoms with E-state index in [1.165, 1.54) is 22.1 Å². The molecule has 0 bridgehead atoms. The fourth-order valence-corrected chi connectivity index (χ4v) is 4.98. The number of sulfonamides is 1. The number of aromatic hydroxyl groups is 1. The summed E-state index contributed by atoms with van der Waals surface area (Å²) in [6, 6.07) is 7.96. The zero-order valence-corrected chi connectivity index (χ0v) is 16.0. The number of amidine groups is 1. The topological polar surface area (TPSA) is 113 Å². The molecule has 1 aliphatic heterocycles. The molecule has 1 saturated carbocycles. The third kappa shape index (κ3) is 2.64. The van der Waals surface area contributed by atoms with E-state index in [1.807, 2.05) is 0 Å². The molecule has 1 fully saturated rings. The molecule has 0 amide bonds. The van der Waals surface area contributed by atoms with E-state index < -0.39 is 15.6 Å². The molecular weight excluding hydrogens is 400 g/mol. The summed E-state index contributed by atoms with van der Waals surface area (Å²) < 4.78 is 30.5. The molecule has 5 rings (SSSR count). The van der Waals surface area contributed by atoms with Crippen LogP contribution in [0.2, 0.25) is 0 Å². The summed E-state index contributed by atoms with van der Waals surface area (Å²) in [7, 11) is -4.01. The van der Waals surface area contributed by atoms with Crippen molar-refractivity contribution in [1.82, 2.24) is 4.68 Å². The summed E-state index contributed by atoms with van der Waals surface area (Å²) in [4.78, 5) is 13.2. The summed E-state index contributed by atoms with van der Waals surface area (Å²) in [5.74, 6) is -0.184. The molecule has 2 N–H and O–H groups in total. The Morgan fingerprint density at radius 2 is 2.07 bits per heavy atom. The Kier molecular flexibility index (Phi) is 3.68. The van der Waals surface area contributed by atoms with Crippen molar-refractivity contribution >= 4 is 49.3 Å². The minimum absolute atomic E-state index is 0.0162. The first kappa shape index (κ1) is 17.1. The van der Waals surface area contributed by atoms with Gasteiger partial charge in [-0.2, -0.15) is 18.2 Å². The number of anilines is 1. The number of nitrogens with one attached hydrogen (secondary N) is 1. The van der Waals surface area contributed by atoms with Crippen LogP contribution in [0.5, 0.6) is 5.75 Å². The van der Waals surface area contributed by atoms with Crippen molar-refractivity contribution in [2.45, 2.75) is 17.7 Å². The number of para-hydroxylation sites is 1. The maximum atomic E-state index is 13.1. The number of thiophene rings is 1. The number of fused-ring (bicyclic) bond motifs is 2. The molecule has 1 aromatic carbocycles. The van der Waals surface area contributed by atoms with Gasteiger partial charge >= 0.3 is 0 Å². The molecule has 0 atom stereocenters. The van der Waals surface area contributed by atoms with Crippen molar-refractivity contribution < 1.29 is 13.5 Å². The highest BCUT2D eigenvalue weighted by Gasteiger charge is 2.30. The van der Waals surface area contributed by atoms with Crippen LogP contribution < -0.4 is 10.9 Å². The number of hydrogen-bond acceptors (Lipinski definition) is 7. The number of hydrogen-bond donors (Lipinski definition) is 2. The van der Waals surface area contributed by atoms with Gasteiger partial charge in [0.2, 0.25) is 0 Å². The smallest absolute Gasteiger partial charge is 0.286 e. The van der Waals surface area contributed by atoms with Gasteiger partial charge < -0.3 is 10.4 Å². The molecule has 3 aromatic rings. The van der Waals surface area contributed by atoms with E-state index in [0.717, 1.165) is 12.8 Å². The van der Waals surface area contributed by atoms with E-state index in [4.69, 9.17) is 0 Å². The van der Waals surface area contributed by atoms with Crippen molar-refractivity contribution in [3.63, 3.8) is 0 Å². The molecule has 2 aliphatic rings. The van der Waals surface area contributed by atoms with E-state index in [9.17, 15) is 18.3 Å². The zero-order valence-electron chi connectivity index (χ0n) is 14.4. The molecule has 28 heavy (non-hydrogen) atoms. The second kappa shape index (κ2) is 6.01. The lowest BCUT2D eigenvalue weighted by molar-refractivity contribution is 0.479. The number of benzene rings is 1. The minimum Gasteiger partial charge on any atom is -0.505 e. The van der Waals surface area contributed by atoms with Gasteiger partial charge in [0.1, 0.15) is 10.5 Å². The van der Waals surface area contributed by atoms with Gasteiger partial charge in [-0.25, -0.2) is 0 Å². The summed E-state index contributed by atoms with van der Waals surface area (Å²) in [5, 5.41) is 19.6. The van der Waals surface area contributed by atoms with Crippen LogP contribution in [0.15, 0.2) is 54.9 Å². The van der Waals surface area contributed by atoms with Crippen LogP contribution >= 0.6 is 11.3 Å². The monoisotopic (exact) mass is 414 g/mol. The summed E-state index contributed by atoms with van der Waals surface area (Å²) in [5.41, 5.74) is -0.0967. The van der Waals surface area contributed by atoms with Crippen LogP contribution in [0.3, 0.4) is 0 Å². The molecule has 8 nitrogen and oxygen atoms in total. The van der Waals surface area contributed by atoms with Crippen LogP contribution in [-0.4, -0.2) is 30.3 Å². The van der Waals surface area contributed by atoms with Gasteiger partial charge in [-0.3, -0.25) is 4.79 Å². The van der Waals surface area contributed by atoms with Crippen molar-refractivity contribution in [1.29, 1.82) is 0 Å². The van der Waals surface area contributed by atoms with Crippen molar-refractivity contribution in [2.24, 2.45) is 15.4 Å². The first-order chi connectivity index (χ1) is 13.5. The maximum Gasteiger partial charge on any atom is 0.286 e. The Hall–Kier alpha value is -2.98. The molecule has 0 radical (unpaired) electrons. The normalized spacial score (nSPS) is 18.1. The molecule has 0 saturated heterocycles. The number of nitrogens with zero attached hydrogens (tertiary/aromatic N) is 3. The summed E-state index contributed by atoms with van der Waals surface area (Å²) in [6.07, 6.45) is 3.76. The first-order valence-electron chi connectivity index (χ1n) is 8.57. The largest absolute Gasteiger partial charge is 0.505 e. The van der Waals surface area contributed by atoms with Crippen molar-refractivity contribution in [3.05, 3.63) is 51.6 Å². The molecule has 0 spiro atoms. The minimum atomic E-state index is -4.01. The maximum absolute atomic E-state index is 13.1. The lowest BCUT2D eigenvalue weighted by Gasteiger charge is -2.19. The molecule has 0 unspecified atom stereocenters. The fourth-order valence-electron chi connectivity index (χ4n) is 3.03. The highest BCUT2D eigenvalue weighted by molar-refractivity contribution is 7.90. The van der Waals surface area contributed by atoms with Gasteiger partial charge in [0.25, 0.3) is 15.6 Å². The summed E-state index contributed by atoms with van der Waals surface area (Å²) >= 11 is 1.23. The molecule has 10 heteroatoms. The van der Waals surface area contributed by atoms with E-state index in [-0.39, 0.29) is 22.0 Å². The third-order valence-corrected chi connectivity index (χ3v) is 6.86. The Morgan fingerprint density at radius 1 is 1.29 bits per heavy atom.